The van der Waals surface area contributed by atoms with Crippen molar-refractivity contribution in [3.05, 3.63) is 89.5 Å². The predicted molar refractivity (Wildman–Crippen MR) is 121 cm³/mol. The normalized spacial score (nSPS) is 11.2. The van der Waals surface area contributed by atoms with Gasteiger partial charge in [-0.2, -0.15) is 8.42 Å². The van der Waals surface area contributed by atoms with Crippen LogP contribution in [0.5, 0.6) is 5.75 Å². The van der Waals surface area contributed by atoms with Gasteiger partial charge in [0.25, 0.3) is 16.0 Å². The van der Waals surface area contributed by atoms with E-state index in [1.165, 1.54) is 0 Å². The second-order valence-corrected chi connectivity index (χ2v) is 8.63. The van der Waals surface area contributed by atoms with Crippen molar-refractivity contribution in [1.82, 2.24) is 5.32 Å². The van der Waals surface area contributed by atoms with Gasteiger partial charge in [0.1, 0.15) is 5.75 Å². The van der Waals surface area contributed by atoms with E-state index in [1.807, 2.05) is 72.8 Å². The van der Waals surface area contributed by atoms with Crippen molar-refractivity contribution >= 4 is 16.0 Å². The topological polar surface area (TPSA) is 81.7 Å². The summed E-state index contributed by atoms with van der Waals surface area (Å²) in [4.78, 5) is 13.3. The zero-order valence-corrected chi connectivity index (χ0v) is 18.3. The third kappa shape index (κ3) is 6.16. The summed E-state index contributed by atoms with van der Waals surface area (Å²) in [6, 6.07) is 22.6. The van der Waals surface area contributed by atoms with E-state index >= 15 is 0 Å². The maximum absolute atomic E-state index is 13.3. The number of ether oxygens (including phenoxy) is 1. The van der Waals surface area contributed by atoms with Gasteiger partial charge >= 0.3 is 0 Å². The summed E-state index contributed by atoms with van der Waals surface area (Å²) in [6.45, 7) is 0.326. The molecule has 0 atom stereocenters. The molecule has 0 radical (unpaired) electrons. The lowest BCUT2D eigenvalue weighted by Gasteiger charge is -2.17. The van der Waals surface area contributed by atoms with Crippen LogP contribution in [0.2, 0.25) is 0 Å². The number of rotatable bonds is 9. The van der Waals surface area contributed by atoms with Gasteiger partial charge in [0, 0.05) is 12.1 Å². The number of hydrogen-bond donors (Lipinski definition) is 1. The van der Waals surface area contributed by atoms with Gasteiger partial charge < -0.3 is 10.1 Å². The third-order valence-corrected chi connectivity index (χ3v) is 5.33. The zero-order chi connectivity index (χ0) is 22.3. The summed E-state index contributed by atoms with van der Waals surface area (Å²) in [7, 11) is -1.99. The molecule has 0 saturated carbocycles. The summed E-state index contributed by atoms with van der Waals surface area (Å²) < 4.78 is 33.1. The quantitative estimate of drug-likeness (QED) is 0.513. The Hall–Kier alpha value is -3.16. The summed E-state index contributed by atoms with van der Waals surface area (Å²) >= 11 is 0. The van der Waals surface area contributed by atoms with Crippen LogP contribution >= 0.6 is 0 Å². The SMILES string of the molecule is COc1ccccc1-c1cccc(CCOS(C)(=O)=O)c1C(=O)NCc1ccccc1. The maximum Gasteiger partial charge on any atom is 0.264 e. The van der Waals surface area contributed by atoms with E-state index in [9.17, 15) is 13.2 Å². The molecule has 6 nitrogen and oxygen atoms in total. The molecule has 0 unspecified atom stereocenters. The average molecular weight is 440 g/mol. The predicted octanol–water partition coefficient (Wildman–Crippen LogP) is 3.81. The Labute approximate surface area is 183 Å². The number of benzene rings is 3. The average Bonchev–Trinajstić information content (AvgIpc) is 2.77. The summed E-state index contributed by atoms with van der Waals surface area (Å²) in [5.74, 6) is 0.392. The number of para-hydroxylation sites is 1. The molecule has 0 aliphatic rings. The van der Waals surface area contributed by atoms with Crippen molar-refractivity contribution < 1.29 is 22.1 Å². The summed E-state index contributed by atoms with van der Waals surface area (Å²) in [6.07, 6.45) is 1.27. The summed E-state index contributed by atoms with van der Waals surface area (Å²) in [5.41, 5.74) is 3.63. The Kier molecular flexibility index (Phi) is 7.44. The molecular formula is C24H25NO5S. The van der Waals surface area contributed by atoms with Crippen molar-refractivity contribution in [3.63, 3.8) is 0 Å². The van der Waals surface area contributed by atoms with E-state index in [0.29, 0.717) is 29.0 Å². The highest BCUT2D eigenvalue weighted by atomic mass is 32.2. The van der Waals surface area contributed by atoms with Gasteiger partial charge in [-0.25, -0.2) is 0 Å². The van der Waals surface area contributed by atoms with Gasteiger partial charge in [0.05, 0.1) is 25.5 Å². The van der Waals surface area contributed by atoms with Crippen molar-refractivity contribution in [2.24, 2.45) is 0 Å². The van der Waals surface area contributed by atoms with Crippen molar-refractivity contribution in [3.8, 4) is 16.9 Å². The highest BCUT2D eigenvalue weighted by Crippen LogP contribution is 2.34. The minimum Gasteiger partial charge on any atom is -0.496 e. The molecule has 0 aliphatic carbocycles. The molecule has 0 saturated heterocycles. The first kappa shape index (κ1) is 22.5. The molecule has 1 N–H and O–H groups in total. The molecule has 3 aromatic carbocycles. The number of carbonyl (C=O) groups excluding carboxylic acids is 1. The van der Waals surface area contributed by atoms with Crippen LogP contribution in [0.4, 0.5) is 0 Å². The van der Waals surface area contributed by atoms with E-state index in [2.05, 4.69) is 5.32 Å². The van der Waals surface area contributed by atoms with Gasteiger partial charge in [-0.3, -0.25) is 8.98 Å². The highest BCUT2D eigenvalue weighted by molar-refractivity contribution is 7.85. The van der Waals surface area contributed by atoms with Crippen LogP contribution < -0.4 is 10.1 Å². The van der Waals surface area contributed by atoms with Crippen LogP contribution in [0, 0.1) is 0 Å². The van der Waals surface area contributed by atoms with E-state index < -0.39 is 10.1 Å². The largest absolute Gasteiger partial charge is 0.496 e. The Morgan fingerprint density at radius 1 is 0.903 bits per heavy atom. The number of hydrogen-bond acceptors (Lipinski definition) is 5. The van der Waals surface area contributed by atoms with E-state index in [4.69, 9.17) is 8.92 Å². The van der Waals surface area contributed by atoms with Gasteiger partial charge in [0.2, 0.25) is 0 Å². The van der Waals surface area contributed by atoms with Gasteiger partial charge in [-0.05, 0) is 29.2 Å². The lowest BCUT2D eigenvalue weighted by molar-refractivity contribution is 0.0950. The fourth-order valence-electron chi connectivity index (χ4n) is 3.34. The number of nitrogens with one attached hydrogen (secondary N) is 1. The van der Waals surface area contributed by atoms with Crippen LogP contribution in [0.15, 0.2) is 72.8 Å². The maximum atomic E-state index is 13.3. The molecule has 7 heteroatoms. The molecular weight excluding hydrogens is 414 g/mol. The lowest BCUT2D eigenvalue weighted by atomic mass is 9.93. The monoisotopic (exact) mass is 439 g/mol. The number of amides is 1. The molecule has 162 valence electrons. The van der Waals surface area contributed by atoms with Crippen molar-refractivity contribution in [1.29, 1.82) is 0 Å². The molecule has 31 heavy (non-hydrogen) atoms. The Bertz CT molecular complexity index is 1140. The first-order valence-corrected chi connectivity index (χ1v) is 11.6. The van der Waals surface area contributed by atoms with Crippen LogP contribution in [-0.2, 0) is 27.3 Å². The van der Waals surface area contributed by atoms with Crippen LogP contribution in [-0.4, -0.2) is 34.3 Å². The standard InChI is InChI=1S/C24H25NO5S/c1-29-22-14-7-6-12-20(22)21-13-8-11-19(15-16-30-31(2,27)28)23(21)24(26)25-17-18-9-4-3-5-10-18/h3-14H,15-17H2,1-2H3,(H,25,26). The fraction of sp³-hybridized carbons (Fsp3) is 0.208. The Morgan fingerprint density at radius 3 is 2.29 bits per heavy atom. The van der Waals surface area contributed by atoms with Crippen LogP contribution in [0.1, 0.15) is 21.5 Å². The minimum atomic E-state index is -3.57. The Morgan fingerprint density at radius 2 is 1.58 bits per heavy atom. The van der Waals surface area contributed by atoms with E-state index in [-0.39, 0.29) is 18.9 Å². The lowest BCUT2D eigenvalue weighted by Crippen LogP contribution is -2.25. The molecule has 0 bridgehead atoms. The minimum absolute atomic E-state index is 0.0484. The zero-order valence-electron chi connectivity index (χ0n) is 17.5. The highest BCUT2D eigenvalue weighted by Gasteiger charge is 2.20. The second kappa shape index (κ2) is 10.2. The summed E-state index contributed by atoms with van der Waals surface area (Å²) in [5, 5.41) is 2.97. The third-order valence-electron chi connectivity index (χ3n) is 4.74. The number of carbonyl (C=O) groups is 1. The fourth-order valence-corrected chi connectivity index (χ4v) is 3.72. The molecule has 0 fully saturated rings. The van der Waals surface area contributed by atoms with Gasteiger partial charge in [-0.1, -0.05) is 66.7 Å². The number of methoxy groups -OCH3 is 1. The van der Waals surface area contributed by atoms with Gasteiger partial charge in [0.15, 0.2) is 0 Å². The first-order valence-electron chi connectivity index (χ1n) is 9.81. The molecule has 3 aromatic rings. The van der Waals surface area contributed by atoms with Crippen molar-refractivity contribution in [2.45, 2.75) is 13.0 Å². The molecule has 0 heterocycles. The van der Waals surface area contributed by atoms with Crippen LogP contribution in [0.3, 0.4) is 0 Å². The smallest absolute Gasteiger partial charge is 0.264 e. The van der Waals surface area contributed by atoms with E-state index in [1.54, 1.807) is 7.11 Å². The molecule has 3 rings (SSSR count). The van der Waals surface area contributed by atoms with Crippen molar-refractivity contribution in [2.75, 3.05) is 20.0 Å². The molecule has 1 amide bonds. The van der Waals surface area contributed by atoms with Gasteiger partial charge in [-0.15, -0.1) is 0 Å². The first-order chi connectivity index (χ1) is 14.9. The molecule has 0 aromatic heterocycles. The Balaban J connectivity index is 1.98. The molecule has 0 spiro atoms. The van der Waals surface area contributed by atoms with E-state index in [0.717, 1.165) is 17.4 Å². The van der Waals surface area contributed by atoms with Crippen LogP contribution in [0.25, 0.3) is 11.1 Å². The molecule has 0 aliphatic heterocycles. The second-order valence-electron chi connectivity index (χ2n) is 6.98.